The van der Waals surface area contributed by atoms with E-state index in [-0.39, 0.29) is 47.1 Å². The lowest BCUT2D eigenvalue weighted by Gasteiger charge is -2.39. The second kappa shape index (κ2) is 21.6. The van der Waals surface area contributed by atoms with E-state index >= 15 is 0 Å². The normalized spacial score (nSPS) is 27.8. The Balaban J connectivity index is 0.000000147. The third-order valence-corrected chi connectivity index (χ3v) is 17.1. The Morgan fingerprint density at radius 3 is 1.22 bits per heavy atom. The van der Waals surface area contributed by atoms with E-state index in [1.54, 1.807) is 0 Å². The molecule has 77 heavy (non-hydrogen) atoms. The molecule has 8 aliphatic rings. The van der Waals surface area contributed by atoms with E-state index < -0.39 is 0 Å². The summed E-state index contributed by atoms with van der Waals surface area (Å²) in [7, 11) is 0. The summed E-state index contributed by atoms with van der Waals surface area (Å²) in [5.41, 5.74) is 12.7. The lowest BCUT2D eigenvalue weighted by molar-refractivity contribution is 0.261. The Labute approximate surface area is 454 Å². The zero-order valence-corrected chi connectivity index (χ0v) is 44.4. The lowest BCUT2D eigenvalue weighted by Crippen LogP contribution is -2.35. The molecule has 0 radical (unpaired) electrons. The van der Waals surface area contributed by atoms with Gasteiger partial charge in [0.15, 0.2) is 0 Å². The van der Waals surface area contributed by atoms with Gasteiger partial charge in [-0.15, -0.1) is 0 Å². The van der Waals surface area contributed by atoms with Crippen molar-refractivity contribution in [3.05, 3.63) is 238 Å². The maximum Gasteiger partial charge on any atom is 0.122 e. The zero-order valence-electron chi connectivity index (χ0n) is 44.4. The highest BCUT2D eigenvalue weighted by molar-refractivity contribution is 5.66. The molecule has 6 aromatic rings. The fraction of sp³-hybridized carbons (Fsp3) is 0.362. The van der Waals surface area contributed by atoms with Gasteiger partial charge in [-0.1, -0.05) is 172 Å². The number of aryl methyl sites for hydroxylation is 2. The molecule has 6 aromatic carbocycles. The second-order valence-corrected chi connectivity index (χ2v) is 22.0. The van der Waals surface area contributed by atoms with E-state index in [1.165, 1.54) is 55.6 Å². The number of ether oxygens (including phenoxy) is 8. The van der Waals surface area contributed by atoms with Crippen LogP contribution in [0.3, 0.4) is 0 Å². The van der Waals surface area contributed by atoms with Crippen molar-refractivity contribution in [2.75, 3.05) is 52.9 Å². The van der Waals surface area contributed by atoms with Crippen LogP contribution >= 0.6 is 0 Å². The van der Waals surface area contributed by atoms with Crippen LogP contribution in [0.4, 0.5) is 0 Å². The molecular formula is C69H70O8. The first-order valence-electron chi connectivity index (χ1n) is 28.4. The number of allylic oxidation sites excluding steroid dienone is 8. The molecular weight excluding hydrogens is 957 g/mol. The Morgan fingerprint density at radius 2 is 0.805 bits per heavy atom. The molecule has 0 amide bonds. The SMILES string of the molecule is CCCCc1cc(C2(c3ccc(OCC4CO4)cc3)c3ccccc3C3C=CC=CC32)ccc1OCC1CO1.CCCc1cc(C2(c3ccc(OCC4CO4)cc3)c3ccccc3C3C=CC=CC32)ccc1OCC1CO1. The third kappa shape index (κ3) is 9.88. The summed E-state index contributed by atoms with van der Waals surface area (Å²) in [5, 5.41) is 0. The zero-order chi connectivity index (χ0) is 51.8. The molecule has 8 nitrogen and oxygen atoms in total. The standard InChI is InChI=1S/C35H36O4.C34H34O4/c1-2-3-8-24-19-26(15-18-34(24)39-23-29-22-38-29)35(25-13-16-27(17-14-25)36-20-28-21-37-28)32-11-6-4-9-30(32)31-10-5-7-12-33(31)35;1-2-7-23-18-25(14-17-33(23)38-22-28-21-37-28)34(24-12-15-26(16-13-24)35-19-27-20-36-27)31-10-5-3-8-29(31)30-9-4-6-11-32(30)34/h4-7,9-19,28-30,32H,2-3,8,20-23H2,1H3;3-6,8-18,27-29,31H,2,7,19-22H2,1H3. The van der Waals surface area contributed by atoms with Crippen LogP contribution in [0.25, 0.3) is 0 Å². The van der Waals surface area contributed by atoms with Gasteiger partial charge in [0.05, 0.1) is 37.3 Å². The number of rotatable bonds is 21. The second-order valence-electron chi connectivity index (χ2n) is 22.0. The van der Waals surface area contributed by atoms with Crippen LogP contribution in [-0.4, -0.2) is 77.3 Å². The van der Waals surface area contributed by atoms with Gasteiger partial charge in [-0.25, -0.2) is 0 Å². The molecule has 4 aliphatic carbocycles. The Kier molecular flexibility index (Phi) is 14.0. The fourth-order valence-corrected chi connectivity index (χ4v) is 13.0. The van der Waals surface area contributed by atoms with Gasteiger partial charge < -0.3 is 37.9 Å². The topological polar surface area (TPSA) is 87.0 Å². The van der Waals surface area contributed by atoms with Crippen LogP contribution in [0.2, 0.25) is 0 Å². The van der Waals surface area contributed by atoms with E-state index in [4.69, 9.17) is 37.9 Å². The van der Waals surface area contributed by atoms with Crippen molar-refractivity contribution in [1.29, 1.82) is 0 Å². The third-order valence-electron chi connectivity index (χ3n) is 17.1. The van der Waals surface area contributed by atoms with Gasteiger partial charge in [0, 0.05) is 23.7 Å². The number of unbranched alkanes of at least 4 members (excludes halogenated alkanes) is 1. The van der Waals surface area contributed by atoms with Crippen molar-refractivity contribution in [2.45, 2.75) is 93.0 Å². The molecule has 0 aromatic heterocycles. The van der Waals surface area contributed by atoms with Crippen molar-refractivity contribution >= 4 is 0 Å². The van der Waals surface area contributed by atoms with E-state index in [0.29, 0.717) is 38.3 Å². The Bertz CT molecular complexity index is 3170. The summed E-state index contributed by atoms with van der Waals surface area (Å²) >= 11 is 0. The molecule has 0 N–H and O–H groups in total. The highest BCUT2D eigenvalue weighted by Gasteiger charge is 2.54. The summed E-state index contributed by atoms with van der Waals surface area (Å²) < 4.78 is 46.0. The predicted molar refractivity (Wildman–Crippen MR) is 301 cm³/mol. The van der Waals surface area contributed by atoms with Gasteiger partial charge in [0.25, 0.3) is 0 Å². The molecule has 14 rings (SSSR count). The molecule has 10 unspecified atom stereocenters. The first-order valence-corrected chi connectivity index (χ1v) is 28.4. The summed E-state index contributed by atoms with van der Waals surface area (Å²) in [6.45, 7) is 10.2. The van der Waals surface area contributed by atoms with Crippen molar-refractivity contribution in [1.82, 2.24) is 0 Å². The van der Waals surface area contributed by atoms with Gasteiger partial charge in [0.2, 0.25) is 0 Å². The van der Waals surface area contributed by atoms with Gasteiger partial charge in [-0.05, 0) is 111 Å². The Hall–Kier alpha value is -6.68. The fourth-order valence-electron chi connectivity index (χ4n) is 13.0. The highest BCUT2D eigenvalue weighted by Crippen LogP contribution is 2.61. The van der Waals surface area contributed by atoms with Crippen LogP contribution in [0, 0.1) is 11.8 Å². The lowest BCUT2D eigenvalue weighted by atomic mass is 9.63. The van der Waals surface area contributed by atoms with E-state index in [0.717, 1.165) is 81.5 Å². The van der Waals surface area contributed by atoms with Crippen LogP contribution in [0.5, 0.6) is 23.0 Å². The number of fused-ring (bicyclic) bond motifs is 6. The number of hydrogen-bond acceptors (Lipinski definition) is 8. The number of hydrogen-bond donors (Lipinski definition) is 0. The van der Waals surface area contributed by atoms with E-state index in [2.05, 4.69) is 196 Å². The molecule has 8 heteroatoms. The average Bonchev–Trinajstić information content (AvgIpc) is 4.33. The minimum Gasteiger partial charge on any atom is -0.491 e. The van der Waals surface area contributed by atoms with E-state index in [9.17, 15) is 0 Å². The quantitative estimate of drug-likeness (QED) is 0.0659. The molecule has 0 saturated carbocycles. The molecule has 0 spiro atoms. The molecule has 10 atom stereocenters. The molecule has 4 fully saturated rings. The average molecular weight is 1030 g/mol. The maximum absolute atomic E-state index is 6.28. The minimum atomic E-state index is -0.320. The van der Waals surface area contributed by atoms with Gasteiger partial charge in [-0.2, -0.15) is 0 Å². The number of benzene rings is 6. The van der Waals surface area contributed by atoms with Crippen molar-refractivity contribution in [3.8, 4) is 23.0 Å². The number of epoxide rings is 4. The smallest absolute Gasteiger partial charge is 0.122 e. The summed E-state index contributed by atoms with van der Waals surface area (Å²) in [6.07, 6.45) is 24.7. The van der Waals surface area contributed by atoms with Crippen molar-refractivity contribution < 1.29 is 37.9 Å². The van der Waals surface area contributed by atoms with Crippen LogP contribution in [0.1, 0.15) is 101 Å². The largest absolute Gasteiger partial charge is 0.491 e. The molecule has 4 heterocycles. The first kappa shape index (κ1) is 49.9. The minimum absolute atomic E-state index is 0.240. The van der Waals surface area contributed by atoms with Gasteiger partial charge in [-0.3, -0.25) is 0 Å². The molecule has 0 bridgehead atoms. The summed E-state index contributed by atoms with van der Waals surface area (Å²) in [4.78, 5) is 0. The first-order chi connectivity index (χ1) is 38.0. The molecule has 394 valence electrons. The maximum atomic E-state index is 6.28. The van der Waals surface area contributed by atoms with Crippen LogP contribution in [-0.2, 0) is 42.6 Å². The van der Waals surface area contributed by atoms with Crippen molar-refractivity contribution in [2.24, 2.45) is 11.8 Å². The summed E-state index contributed by atoms with van der Waals surface area (Å²) in [5.74, 6) is 4.96. The van der Waals surface area contributed by atoms with Crippen LogP contribution in [0.15, 0.2) is 182 Å². The Morgan fingerprint density at radius 1 is 0.416 bits per heavy atom. The molecule has 4 aliphatic heterocycles. The van der Waals surface area contributed by atoms with Crippen LogP contribution < -0.4 is 18.9 Å². The van der Waals surface area contributed by atoms with E-state index in [1.807, 2.05) is 0 Å². The van der Waals surface area contributed by atoms with Gasteiger partial charge >= 0.3 is 0 Å². The van der Waals surface area contributed by atoms with Gasteiger partial charge in [0.1, 0.15) is 73.8 Å². The highest BCUT2D eigenvalue weighted by atomic mass is 16.6. The molecule has 4 saturated heterocycles. The monoisotopic (exact) mass is 1030 g/mol. The van der Waals surface area contributed by atoms with Crippen molar-refractivity contribution in [3.63, 3.8) is 0 Å². The summed E-state index contributed by atoms with van der Waals surface area (Å²) in [6, 6.07) is 49.4. The predicted octanol–water partition coefficient (Wildman–Crippen LogP) is 13.1.